The Labute approximate surface area is 102 Å². The molecule has 1 aromatic heterocycles. The summed E-state index contributed by atoms with van der Waals surface area (Å²) in [6.45, 7) is 6.35. The number of methoxy groups -OCH3 is 1. The smallest absolute Gasteiger partial charge is 0.220 e. The second kappa shape index (κ2) is 5.82. The highest BCUT2D eigenvalue weighted by Gasteiger charge is 2.21. The fourth-order valence-corrected chi connectivity index (χ4v) is 1.36. The van der Waals surface area contributed by atoms with E-state index >= 15 is 0 Å². The fraction of sp³-hybridized carbons (Fsp3) is 0.667. The molecule has 5 nitrogen and oxygen atoms in total. The summed E-state index contributed by atoms with van der Waals surface area (Å²) in [5.74, 6) is 1.63. The monoisotopic (exact) mass is 239 g/mol. The fourth-order valence-electron chi connectivity index (χ4n) is 1.36. The second-order valence-corrected chi connectivity index (χ2v) is 4.15. The molecule has 96 valence electrons. The van der Waals surface area contributed by atoms with Crippen molar-refractivity contribution in [2.75, 3.05) is 13.7 Å². The molecule has 1 aromatic rings. The average Bonchev–Trinajstić information content (AvgIpc) is 2.35. The number of nitrogens with two attached hydrogens (primary N) is 1. The number of hydrogen-bond donors (Lipinski definition) is 1. The van der Waals surface area contributed by atoms with Crippen LogP contribution in [0, 0.1) is 6.92 Å². The van der Waals surface area contributed by atoms with E-state index in [4.69, 9.17) is 15.2 Å². The van der Waals surface area contributed by atoms with Crippen LogP contribution in [-0.4, -0.2) is 29.2 Å². The molecule has 2 N–H and O–H groups in total. The summed E-state index contributed by atoms with van der Waals surface area (Å²) < 4.78 is 10.7. The summed E-state index contributed by atoms with van der Waals surface area (Å²) in [6, 6.07) is 1.67. The van der Waals surface area contributed by atoms with Crippen molar-refractivity contribution >= 4 is 0 Å². The molecule has 0 aliphatic carbocycles. The summed E-state index contributed by atoms with van der Waals surface area (Å²) in [5.41, 5.74) is 5.85. The van der Waals surface area contributed by atoms with Gasteiger partial charge < -0.3 is 15.2 Å². The van der Waals surface area contributed by atoms with E-state index in [0.717, 1.165) is 12.8 Å². The predicted octanol–water partition coefficient (Wildman–Crippen LogP) is 1.69. The summed E-state index contributed by atoms with van der Waals surface area (Å²) in [7, 11) is 1.57. The first-order chi connectivity index (χ1) is 8.03. The molecule has 1 heterocycles. The SMILES string of the molecule is CCC(N)(CC)COc1cc(OC)nc(C)n1. The van der Waals surface area contributed by atoms with Crippen LogP contribution in [0.5, 0.6) is 11.8 Å². The molecular formula is C12H21N3O2. The van der Waals surface area contributed by atoms with Gasteiger partial charge in [0.1, 0.15) is 12.4 Å². The van der Waals surface area contributed by atoms with Crippen LogP contribution < -0.4 is 15.2 Å². The zero-order valence-electron chi connectivity index (χ0n) is 11.0. The maximum absolute atomic E-state index is 6.15. The minimum absolute atomic E-state index is 0.300. The van der Waals surface area contributed by atoms with Gasteiger partial charge in [-0.2, -0.15) is 9.97 Å². The highest BCUT2D eigenvalue weighted by molar-refractivity contribution is 5.20. The first kappa shape index (κ1) is 13.7. The number of ether oxygens (including phenoxy) is 2. The summed E-state index contributed by atoms with van der Waals surface area (Å²) in [6.07, 6.45) is 1.73. The van der Waals surface area contributed by atoms with Crippen LogP contribution in [0.25, 0.3) is 0 Å². The molecule has 0 unspecified atom stereocenters. The van der Waals surface area contributed by atoms with Crippen LogP contribution in [-0.2, 0) is 0 Å². The van der Waals surface area contributed by atoms with E-state index in [2.05, 4.69) is 23.8 Å². The van der Waals surface area contributed by atoms with Crippen molar-refractivity contribution < 1.29 is 9.47 Å². The van der Waals surface area contributed by atoms with Crippen molar-refractivity contribution in [2.24, 2.45) is 5.73 Å². The van der Waals surface area contributed by atoms with E-state index in [9.17, 15) is 0 Å². The normalized spacial score (nSPS) is 11.4. The summed E-state index contributed by atoms with van der Waals surface area (Å²) in [5, 5.41) is 0. The van der Waals surface area contributed by atoms with Gasteiger partial charge >= 0.3 is 0 Å². The van der Waals surface area contributed by atoms with Crippen LogP contribution in [0.15, 0.2) is 6.07 Å². The van der Waals surface area contributed by atoms with E-state index in [1.54, 1.807) is 20.1 Å². The van der Waals surface area contributed by atoms with Gasteiger partial charge in [0.25, 0.3) is 0 Å². The lowest BCUT2D eigenvalue weighted by Gasteiger charge is -2.26. The molecule has 5 heteroatoms. The lowest BCUT2D eigenvalue weighted by atomic mass is 9.96. The molecule has 1 rings (SSSR count). The van der Waals surface area contributed by atoms with Crippen LogP contribution in [0.2, 0.25) is 0 Å². The molecule has 0 amide bonds. The predicted molar refractivity (Wildman–Crippen MR) is 66.3 cm³/mol. The van der Waals surface area contributed by atoms with Gasteiger partial charge in [0.15, 0.2) is 0 Å². The number of aromatic nitrogens is 2. The van der Waals surface area contributed by atoms with Crippen molar-refractivity contribution in [3.63, 3.8) is 0 Å². The molecule has 0 aliphatic rings. The Bertz CT molecular complexity index is 365. The summed E-state index contributed by atoms with van der Waals surface area (Å²) in [4.78, 5) is 8.28. The first-order valence-corrected chi connectivity index (χ1v) is 5.84. The van der Waals surface area contributed by atoms with Gasteiger partial charge in [-0.1, -0.05) is 13.8 Å². The maximum atomic E-state index is 6.15. The summed E-state index contributed by atoms with van der Waals surface area (Å²) >= 11 is 0. The van der Waals surface area contributed by atoms with Crippen molar-refractivity contribution in [3.8, 4) is 11.8 Å². The molecule has 0 aliphatic heterocycles. The zero-order chi connectivity index (χ0) is 12.9. The number of rotatable bonds is 6. The standard InChI is InChI=1S/C12H21N3O2/c1-5-12(13,6-2)8-17-11-7-10(16-4)14-9(3)15-11/h7H,5-6,8,13H2,1-4H3. The first-order valence-electron chi connectivity index (χ1n) is 5.84. The van der Waals surface area contributed by atoms with Crippen LogP contribution in [0.3, 0.4) is 0 Å². The molecule has 0 atom stereocenters. The van der Waals surface area contributed by atoms with Gasteiger partial charge in [-0.05, 0) is 19.8 Å². The van der Waals surface area contributed by atoms with Crippen molar-refractivity contribution in [1.29, 1.82) is 0 Å². The number of hydrogen-bond acceptors (Lipinski definition) is 5. The third kappa shape index (κ3) is 3.85. The van der Waals surface area contributed by atoms with Gasteiger partial charge in [0.2, 0.25) is 11.8 Å². The Morgan fingerprint density at radius 2 is 1.82 bits per heavy atom. The third-order valence-electron chi connectivity index (χ3n) is 2.92. The van der Waals surface area contributed by atoms with Crippen molar-refractivity contribution in [2.45, 2.75) is 39.2 Å². The largest absolute Gasteiger partial charge is 0.481 e. The van der Waals surface area contributed by atoms with E-state index in [1.165, 1.54) is 0 Å². The zero-order valence-corrected chi connectivity index (χ0v) is 11.0. The van der Waals surface area contributed by atoms with Crippen molar-refractivity contribution in [1.82, 2.24) is 9.97 Å². The Morgan fingerprint density at radius 1 is 1.24 bits per heavy atom. The third-order valence-corrected chi connectivity index (χ3v) is 2.92. The molecule has 17 heavy (non-hydrogen) atoms. The number of aryl methyl sites for hydroxylation is 1. The highest BCUT2D eigenvalue weighted by atomic mass is 16.5. The number of nitrogens with zero attached hydrogens (tertiary/aromatic N) is 2. The molecule has 0 spiro atoms. The molecule has 0 saturated heterocycles. The Morgan fingerprint density at radius 3 is 2.35 bits per heavy atom. The van der Waals surface area contributed by atoms with E-state index in [0.29, 0.717) is 24.2 Å². The van der Waals surface area contributed by atoms with Gasteiger partial charge in [-0.3, -0.25) is 0 Å². The van der Waals surface area contributed by atoms with E-state index in [-0.39, 0.29) is 5.54 Å². The van der Waals surface area contributed by atoms with Gasteiger partial charge in [-0.25, -0.2) is 0 Å². The molecular weight excluding hydrogens is 218 g/mol. The van der Waals surface area contributed by atoms with Crippen LogP contribution in [0.1, 0.15) is 32.5 Å². The molecule has 0 radical (unpaired) electrons. The minimum Gasteiger partial charge on any atom is -0.481 e. The Hall–Kier alpha value is -1.36. The van der Waals surface area contributed by atoms with E-state index in [1.807, 2.05) is 0 Å². The molecule has 0 bridgehead atoms. The highest BCUT2D eigenvalue weighted by Crippen LogP contribution is 2.18. The van der Waals surface area contributed by atoms with Gasteiger partial charge in [0.05, 0.1) is 13.2 Å². The average molecular weight is 239 g/mol. The van der Waals surface area contributed by atoms with E-state index < -0.39 is 0 Å². The molecule has 0 saturated carbocycles. The minimum atomic E-state index is -0.300. The topological polar surface area (TPSA) is 70.3 Å². The van der Waals surface area contributed by atoms with Crippen molar-refractivity contribution in [3.05, 3.63) is 11.9 Å². The Kier molecular flexibility index (Phi) is 4.69. The lowest BCUT2D eigenvalue weighted by molar-refractivity contribution is 0.199. The second-order valence-electron chi connectivity index (χ2n) is 4.15. The Balaban J connectivity index is 2.72. The quantitative estimate of drug-likeness (QED) is 0.818. The molecule has 0 aromatic carbocycles. The lowest BCUT2D eigenvalue weighted by Crippen LogP contribution is -2.44. The van der Waals surface area contributed by atoms with Gasteiger partial charge in [0, 0.05) is 5.54 Å². The maximum Gasteiger partial charge on any atom is 0.220 e. The van der Waals surface area contributed by atoms with Crippen LogP contribution >= 0.6 is 0 Å². The van der Waals surface area contributed by atoms with Gasteiger partial charge in [-0.15, -0.1) is 0 Å². The molecule has 0 fully saturated rings. The van der Waals surface area contributed by atoms with Crippen LogP contribution in [0.4, 0.5) is 0 Å².